The van der Waals surface area contributed by atoms with Crippen LogP contribution in [0.15, 0.2) is 72.4 Å². The first-order valence-electron chi connectivity index (χ1n) is 12.3. The molecule has 2 aromatic carbocycles. The Balaban J connectivity index is 1.41. The summed E-state index contributed by atoms with van der Waals surface area (Å²) in [5.41, 5.74) is 4.31. The van der Waals surface area contributed by atoms with Crippen molar-refractivity contribution in [2.45, 2.75) is 20.8 Å². The number of halogens is 1. The van der Waals surface area contributed by atoms with Gasteiger partial charge in [0, 0.05) is 34.2 Å². The first-order chi connectivity index (χ1) is 19.5. The number of aromatic nitrogens is 2. The van der Waals surface area contributed by atoms with Gasteiger partial charge in [-0.15, -0.1) is 0 Å². The van der Waals surface area contributed by atoms with E-state index in [1.54, 1.807) is 36.4 Å². The largest absolute Gasteiger partial charge is 0.439 e. The van der Waals surface area contributed by atoms with Crippen molar-refractivity contribution in [3.05, 3.63) is 110 Å². The molecule has 1 N–H and O–H groups in total. The number of amides is 2. The van der Waals surface area contributed by atoms with Crippen molar-refractivity contribution in [1.29, 1.82) is 0 Å². The summed E-state index contributed by atoms with van der Waals surface area (Å²) in [6.07, 6.45) is 2.69. The van der Waals surface area contributed by atoms with Crippen LogP contribution in [0.3, 0.4) is 0 Å². The molecule has 0 aliphatic carbocycles. The standard InChI is InChI=1S/C29H22ClN5O5S/c1-16-4-5-21(14-25(16)30)34-28(37)24(27(36)32-29(34)41)13-19-12-17(2)33(18(19)3)20-6-9-23(10-7-20)40-26-11-8-22(15-31-26)35(38)39/h4-15H,1-3H3,(H,32,36,41)/b24-13+. The van der Waals surface area contributed by atoms with E-state index in [1.165, 1.54) is 17.0 Å². The third-order valence-electron chi connectivity index (χ3n) is 6.53. The number of rotatable bonds is 6. The van der Waals surface area contributed by atoms with Gasteiger partial charge in [0.25, 0.3) is 17.5 Å². The molecule has 5 rings (SSSR count). The highest BCUT2D eigenvalue weighted by atomic mass is 35.5. The van der Waals surface area contributed by atoms with Gasteiger partial charge in [0.05, 0.1) is 10.6 Å². The van der Waals surface area contributed by atoms with Gasteiger partial charge in [-0.25, -0.2) is 4.98 Å². The maximum Gasteiger partial charge on any atom is 0.287 e. The van der Waals surface area contributed by atoms with Gasteiger partial charge >= 0.3 is 0 Å². The highest BCUT2D eigenvalue weighted by Crippen LogP contribution is 2.29. The van der Waals surface area contributed by atoms with Crippen molar-refractivity contribution < 1.29 is 19.2 Å². The predicted molar refractivity (Wildman–Crippen MR) is 159 cm³/mol. The molecule has 0 spiro atoms. The summed E-state index contributed by atoms with van der Waals surface area (Å²) in [7, 11) is 0. The fourth-order valence-electron chi connectivity index (χ4n) is 4.42. The van der Waals surface area contributed by atoms with Crippen molar-refractivity contribution in [3.8, 4) is 17.3 Å². The van der Waals surface area contributed by atoms with Crippen LogP contribution in [0.2, 0.25) is 5.02 Å². The Kier molecular flexibility index (Phi) is 7.40. The minimum Gasteiger partial charge on any atom is -0.439 e. The molecule has 4 aromatic rings. The van der Waals surface area contributed by atoms with Gasteiger partial charge < -0.3 is 9.30 Å². The van der Waals surface area contributed by atoms with Crippen LogP contribution < -0.4 is 15.0 Å². The molecule has 0 atom stereocenters. The fraction of sp³-hybridized carbons (Fsp3) is 0.103. The number of hydrogen-bond acceptors (Lipinski definition) is 7. The molecule has 12 heteroatoms. The number of hydrogen-bond donors (Lipinski definition) is 1. The zero-order valence-electron chi connectivity index (χ0n) is 22.0. The number of benzene rings is 2. The number of aryl methyl sites for hydroxylation is 2. The van der Waals surface area contributed by atoms with Crippen molar-refractivity contribution in [3.63, 3.8) is 0 Å². The van der Waals surface area contributed by atoms with Crippen molar-refractivity contribution >= 4 is 58.2 Å². The Morgan fingerprint density at radius 1 is 1.02 bits per heavy atom. The van der Waals surface area contributed by atoms with Crippen LogP contribution in [0.1, 0.15) is 22.5 Å². The van der Waals surface area contributed by atoms with Crippen LogP contribution in [0.25, 0.3) is 11.8 Å². The van der Waals surface area contributed by atoms with Crippen LogP contribution in [0.5, 0.6) is 11.6 Å². The van der Waals surface area contributed by atoms with E-state index in [2.05, 4.69) is 10.3 Å². The van der Waals surface area contributed by atoms with Gasteiger partial charge in [-0.2, -0.15) is 0 Å². The number of nitrogens with one attached hydrogen (secondary N) is 1. The van der Waals surface area contributed by atoms with Crippen molar-refractivity contribution in [2.24, 2.45) is 0 Å². The molecular weight excluding hydrogens is 566 g/mol. The quantitative estimate of drug-likeness (QED) is 0.0968. The minimum atomic E-state index is -0.583. The topological polar surface area (TPSA) is 120 Å². The molecule has 206 valence electrons. The molecule has 0 saturated carbocycles. The molecule has 1 aliphatic rings. The molecule has 1 fully saturated rings. The maximum atomic E-state index is 13.5. The average molecular weight is 588 g/mol. The molecule has 1 aliphatic heterocycles. The van der Waals surface area contributed by atoms with E-state index in [4.69, 9.17) is 28.6 Å². The minimum absolute atomic E-state index is 0.0197. The second kappa shape index (κ2) is 11.0. The fourth-order valence-corrected chi connectivity index (χ4v) is 4.88. The van der Waals surface area contributed by atoms with Crippen LogP contribution in [0, 0.1) is 30.9 Å². The zero-order chi connectivity index (χ0) is 29.4. The first-order valence-corrected chi connectivity index (χ1v) is 13.1. The molecule has 1 saturated heterocycles. The Bertz CT molecular complexity index is 1760. The van der Waals surface area contributed by atoms with E-state index < -0.39 is 16.7 Å². The van der Waals surface area contributed by atoms with Gasteiger partial charge in [0.2, 0.25) is 5.88 Å². The van der Waals surface area contributed by atoms with Gasteiger partial charge in [-0.05, 0) is 92.7 Å². The summed E-state index contributed by atoms with van der Waals surface area (Å²) in [6.45, 7) is 5.65. The maximum absolute atomic E-state index is 13.5. The van der Waals surface area contributed by atoms with E-state index >= 15 is 0 Å². The van der Waals surface area contributed by atoms with Gasteiger partial charge in [-0.1, -0.05) is 17.7 Å². The Morgan fingerprint density at radius 3 is 2.37 bits per heavy atom. The predicted octanol–water partition coefficient (Wildman–Crippen LogP) is 5.98. The van der Waals surface area contributed by atoms with Crippen LogP contribution in [-0.4, -0.2) is 31.4 Å². The Hall–Kier alpha value is -4.87. The van der Waals surface area contributed by atoms with E-state index in [0.717, 1.165) is 28.8 Å². The third-order valence-corrected chi connectivity index (χ3v) is 7.23. The molecule has 2 amide bonds. The summed E-state index contributed by atoms with van der Waals surface area (Å²) in [5, 5.41) is 13.9. The van der Waals surface area contributed by atoms with E-state index in [1.807, 2.05) is 43.5 Å². The zero-order valence-corrected chi connectivity index (χ0v) is 23.6. The number of pyridine rings is 1. The number of ether oxygens (including phenoxy) is 1. The first kappa shape index (κ1) is 27.7. The van der Waals surface area contributed by atoms with Gasteiger partial charge in [-0.3, -0.25) is 29.9 Å². The van der Waals surface area contributed by atoms with Crippen molar-refractivity contribution in [2.75, 3.05) is 4.90 Å². The highest BCUT2D eigenvalue weighted by Gasteiger charge is 2.35. The summed E-state index contributed by atoms with van der Waals surface area (Å²) < 4.78 is 7.68. The molecule has 0 bridgehead atoms. The summed E-state index contributed by atoms with van der Waals surface area (Å²) in [4.78, 5) is 41.8. The second-order valence-corrected chi connectivity index (χ2v) is 10.1. The number of thiocarbonyl (C=S) groups is 1. The second-order valence-electron chi connectivity index (χ2n) is 9.26. The molecule has 0 unspecified atom stereocenters. The monoisotopic (exact) mass is 587 g/mol. The normalized spacial score (nSPS) is 14.4. The Labute approximate surface area is 245 Å². The molecule has 3 heterocycles. The molecule has 0 radical (unpaired) electrons. The smallest absolute Gasteiger partial charge is 0.287 e. The lowest BCUT2D eigenvalue weighted by atomic mass is 10.1. The van der Waals surface area contributed by atoms with Crippen molar-refractivity contribution in [1.82, 2.24) is 14.9 Å². The molecule has 2 aromatic heterocycles. The number of nitrogens with zero attached hydrogens (tertiary/aromatic N) is 4. The number of carbonyl (C=O) groups excluding carboxylic acids is 2. The van der Waals surface area contributed by atoms with Gasteiger partial charge in [0.1, 0.15) is 17.5 Å². The molecule has 10 nitrogen and oxygen atoms in total. The van der Waals surface area contributed by atoms with E-state index in [9.17, 15) is 19.7 Å². The van der Waals surface area contributed by atoms with Crippen LogP contribution >= 0.6 is 23.8 Å². The van der Waals surface area contributed by atoms with Crippen LogP contribution in [0.4, 0.5) is 11.4 Å². The van der Waals surface area contributed by atoms with Gasteiger partial charge in [0.15, 0.2) is 5.11 Å². The lowest BCUT2D eigenvalue weighted by Gasteiger charge is -2.29. The number of anilines is 1. The van der Waals surface area contributed by atoms with E-state index in [-0.39, 0.29) is 22.3 Å². The summed E-state index contributed by atoms with van der Waals surface area (Å²) >= 11 is 11.6. The lowest BCUT2D eigenvalue weighted by molar-refractivity contribution is -0.385. The lowest BCUT2D eigenvalue weighted by Crippen LogP contribution is -2.54. The number of nitro groups is 1. The van der Waals surface area contributed by atoms with E-state index in [0.29, 0.717) is 22.0 Å². The highest BCUT2D eigenvalue weighted by molar-refractivity contribution is 7.80. The molecular formula is C29H22ClN5O5S. The average Bonchev–Trinajstić information content (AvgIpc) is 3.21. The Morgan fingerprint density at radius 2 is 1.73 bits per heavy atom. The third kappa shape index (κ3) is 5.45. The summed E-state index contributed by atoms with van der Waals surface area (Å²) in [5.74, 6) is -0.412. The number of carbonyl (C=O) groups is 2. The SMILES string of the molecule is Cc1ccc(N2C(=O)/C(=C/c3cc(C)n(-c4ccc(Oc5ccc([N+](=O)[O-])cn5)cc4)c3C)C(=O)NC2=S)cc1Cl. The molecule has 41 heavy (non-hydrogen) atoms. The summed E-state index contributed by atoms with van der Waals surface area (Å²) in [6, 6.07) is 16.9. The van der Waals surface area contributed by atoms with Crippen LogP contribution in [-0.2, 0) is 9.59 Å².